The highest BCUT2D eigenvalue weighted by molar-refractivity contribution is 5.74. The Kier molecular flexibility index (Phi) is 3.14. The van der Waals surface area contributed by atoms with Gasteiger partial charge in [-0.3, -0.25) is 0 Å². The van der Waals surface area contributed by atoms with Crippen LogP contribution in [0.4, 0.5) is 4.79 Å². The highest BCUT2D eigenvalue weighted by atomic mass is 16.2. The molecular formula is C11H21N3O. The Morgan fingerprint density at radius 3 is 2.80 bits per heavy atom. The van der Waals surface area contributed by atoms with Crippen LogP contribution in [-0.2, 0) is 0 Å². The molecule has 1 saturated carbocycles. The number of amides is 2. The van der Waals surface area contributed by atoms with Crippen LogP contribution in [0.2, 0.25) is 0 Å². The second kappa shape index (κ2) is 4.39. The summed E-state index contributed by atoms with van der Waals surface area (Å²) in [4.78, 5) is 11.5. The zero-order valence-corrected chi connectivity index (χ0v) is 9.55. The Hall–Kier alpha value is -0.770. The molecule has 15 heavy (non-hydrogen) atoms. The van der Waals surface area contributed by atoms with Gasteiger partial charge >= 0.3 is 6.03 Å². The first kappa shape index (κ1) is 10.7. The monoisotopic (exact) mass is 211 g/mol. The number of carbonyl (C=O) groups is 1. The first-order chi connectivity index (χ1) is 7.13. The molecule has 4 heteroatoms. The number of hydrogen-bond donors (Lipinski definition) is 3. The third kappa shape index (κ3) is 2.84. The minimum Gasteiger partial charge on any atom is -0.336 e. The molecule has 2 bridgehead atoms. The molecule has 0 aromatic rings. The van der Waals surface area contributed by atoms with Crippen molar-refractivity contribution in [3.63, 3.8) is 0 Å². The van der Waals surface area contributed by atoms with Gasteiger partial charge in [0.1, 0.15) is 0 Å². The summed E-state index contributed by atoms with van der Waals surface area (Å²) in [6.07, 6.45) is 3.51. The topological polar surface area (TPSA) is 53.2 Å². The average Bonchev–Trinajstić information content (AvgIpc) is 2.44. The van der Waals surface area contributed by atoms with Crippen molar-refractivity contribution in [2.45, 2.75) is 51.2 Å². The molecule has 0 aromatic carbocycles. The van der Waals surface area contributed by atoms with E-state index in [1.165, 1.54) is 6.42 Å². The molecule has 86 valence electrons. The van der Waals surface area contributed by atoms with Crippen LogP contribution in [0.25, 0.3) is 0 Å². The number of carbonyl (C=O) groups excluding carboxylic acids is 1. The fourth-order valence-corrected chi connectivity index (χ4v) is 2.71. The van der Waals surface area contributed by atoms with Gasteiger partial charge in [-0.1, -0.05) is 0 Å². The van der Waals surface area contributed by atoms with Gasteiger partial charge in [-0.2, -0.15) is 0 Å². The largest absolute Gasteiger partial charge is 0.336 e. The minimum absolute atomic E-state index is 0.0173. The Morgan fingerprint density at radius 1 is 1.33 bits per heavy atom. The molecule has 0 spiro atoms. The first-order valence-corrected chi connectivity index (χ1v) is 5.94. The van der Waals surface area contributed by atoms with Crippen LogP contribution < -0.4 is 16.0 Å². The minimum atomic E-state index is -0.0173. The standard InChI is InChI=1S/C11H21N3O/c1-7(2)13-11(15)14-10-4-8-3-9(5-10)12-6-8/h7-10,12H,3-6H2,1-2H3,(H2,13,14,15). The smallest absolute Gasteiger partial charge is 0.315 e. The van der Waals surface area contributed by atoms with Gasteiger partial charge in [-0.05, 0) is 45.6 Å². The molecule has 2 amide bonds. The highest BCUT2D eigenvalue weighted by Crippen LogP contribution is 2.29. The number of hydrogen-bond acceptors (Lipinski definition) is 2. The third-order valence-corrected chi connectivity index (χ3v) is 3.25. The lowest BCUT2D eigenvalue weighted by atomic mass is 9.87. The Balaban J connectivity index is 1.78. The molecule has 1 heterocycles. The molecular weight excluding hydrogens is 190 g/mol. The average molecular weight is 211 g/mol. The van der Waals surface area contributed by atoms with Gasteiger partial charge < -0.3 is 16.0 Å². The van der Waals surface area contributed by atoms with Gasteiger partial charge in [-0.25, -0.2) is 4.79 Å². The van der Waals surface area contributed by atoms with Crippen molar-refractivity contribution in [1.29, 1.82) is 0 Å². The van der Waals surface area contributed by atoms with E-state index in [0.717, 1.165) is 25.3 Å². The normalized spacial score (nSPS) is 34.2. The van der Waals surface area contributed by atoms with Crippen molar-refractivity contribution in [2.24, 2.45) is 5.92 Å². The van der Waals surface area contributed by atoms with E-state index in [1.54, 1.807) is 0 Å². The molecule has 3 atom stereocenters. The number of nitrogens with one attached hydrogen (secondary N) is 3. The quantitative estimate of drug-likeness (QED) is 0.634. The van der Waals surface area contributed by atoms with Crippen LogP contribution in [0.1, 0.15) is 33.1 Å². The SMILES string of the molecule is CC(C)NC(=O)NC1CC2CNC(C2)C1. The van der Waals surface area contributed by atoms with E-state index in [1.807, 2.05) is 13.8 Å². The predicted molar refractivity (Wildman–Crippen MR) is 59.7 cm³/mol. The summed E-state index contributed by atoms with van der Waals surface area (Å²) >= 11 is 0. The highest BCUT2D eigenvalue weighted by Gasteiger charge is 2.34. The van der Waals surface area contributed by atoms with Gasteiger partial charge in [0.05, 0.1) is 0 Å². The predicted octanol–water partition coefficient (Wildman–Crippen LogP) is 0.834. The summed E-state index contributed by atoms with van der Waals surface area (Å²) < 4.78 is 0. The van der Waals surface area contributed by atoms with E-state index < -0.39 is 0 Å². The van der Waals surface area contributed by atoms with Crippen molar-refractivity contribution in [3.05, 3.63) is 0 Å². The van der Waals surface area contributed by atoms with E-state index in [0.29, 0.717) is 12.1 Å². The van der Waals surface area contributed by atoms with Crippen molar-refractivity contribution < 1.29 is 4.79 Å². The van der Waals surface area contributed by atoms with E-state index in [9.17, 15) is 4.79 Å². The summed E-state index contributed by atoms with van der Waals surface area (Å²) in [7, 11) is 0. The van der Waals surface area contributed by atoms with Gasteiger partial charge in [0, 0.05) is 18.1 Å². The number of rotatable bonds is 2. The first-order valence-electron chi connectivity index (χ1n) is 5.94. The number of urea groups is 1. The molecule has 0 aromatic heterocycles. The van der Waals surface area contributed by atoms with Crippen LogP contribution in [0.3, 0.4) is 0 Å². The summed E-state index contributed by atoms with van der Waals surface area (Å²) in [6.45, 7) is 5.09. The van der Waals surface area contributed by atoms with Crippen molar-refractivity contribution in [3.8, 4) is 0 Å². The lowest BCUT2D eigenvalue weighted by Gasteiger charge is -2.28. The second-order valence-corrected chi connectivity index (χ2v) is 5.15. The van der Waals surface area contributed by atoms with E-state index in [2.05, 4.69) is 16.0 Å². The molecule has 3 unspecified atom stereocenters. The van der Waals surface area contributed by atoms with Crippen LogP contribution in [0.5, 0.6) is 0 Å². The van der Waals surface area contributed by atoms with Crippen molar-refractivity contribution in [2.75, 3.05) is 6.54 Å². The maximum Gasteiger partial charge on any atom is 0.315 e. The maximum absolute atomic E-state index is 11.5. The molecule has 3 N–H and O–H groups in total. The van der Waals surface area contributed by atoms with E-state index in [-0.39, 0.29) is 12.1 Å². The molecule has 1 saturated heterocycles. The van der Waals surface area contributed by atoms with Crippen LogP contribution in [-0.4, -0.2) is 30.7 Å². The fourth-order valence-electron chi connectivity index (χ4n) is 2.71. The lowest BCUT2D eigenvalue weighted by Crippen LogP contribution is -2.47. The number of fused-ring (bicyclic) bond motifs is 2. The molecule has 0 radical (unpaired) electrons. The maximum atomic E-state index is 11.5. The molecule has 1 aliphatic carbocycles. The van der Waals surface area contributed by atoms with Crippen molar-refractivity contribution in [1.82, 2.24) is 16.0 Å². The summed E-state index contributed by atoms with van der Waals surface area (Å²) in [5.41, 5.74) is 0. The van der Waals surface area contributed by atoms with Crippen LogP contribution in [0.15, 0.2) is 0 Å². The molecule has 4 nitrogen and oxygen atoms in total. The zero-order valence-electron chi connectivity index (χ0n) is 9.55. The van der Waals surface area contributed by atoms with E-state index in [4.69, 9.17) is 0 Å². The van der Waals surface area contributed by atoms with Crippen LogP contribution in [0, 0.1) is 5.92 Å². The fraction of sp³-hybridized carbons (Fsp3) is 0.909. The lowest BCUT2D eigenvalue weighted by molar-refractivity contribution is 0.227. The Morgan fingerprint density at radius 2 is 2.13 bits per heavy atom. The zero-order chi connectivity index (χ0) is 10.8. The summed E-state index contributed by atoms with van der Waals surface area (Å²) in [6, 6.07) is 1.19. The summed E-state index contributed by atoms with van der Waals surface area (Å²) in [5, 5.41) is 9.42. The van der Waals surface area contributed by atoms with Crippen molar-refractivity contribution >= 4 is 6.03 Å². The molecule has 2 fully saturated rings. The van der Waals surface area contributed by atoms with Gasteiger partial charge in [-0.15, -0.1) is 0 Å². The molecule has 1 aliphatic heterocycles. The van der Waals surface area contributed by atoms with Gasteiger partial charge in [0.25, 0.3) is 0 Å². The molecule has 2 aliphatic rings. The Bertz CT molecular complexity index is 230. The van der Waals surface area contributed by atoms with Gasteiger partial charge in [0.2, 0.25) is 0 Å². The van der Waals surface area contributed by atoms with Crippen LogP contribution >= 0.6 is 0 Å². The third-order valence-electron chi connectivity index (χ3n) is 3.25. The Labute approximate surface area is 91.2 Å². The second-order valence-electron chi connectivity index (χ2n) is 5.15. The summed E-state index contributed by atoms with van der Waals surface area (Å²) in [5.74, 6) is 0.771. The van der Waals surface area contributed by atoms with Gasteiger partial charge in [0.15, 0.2) is 0 Å². The van der Waals surface area contributed by atoms with E-state index >= 15 is 0 Å². The molecule has 2 rings (SSSR count).